The van der Waals surface area contributed by atoms with Crippen LogP contribution >= 0.6 is 22.7 Å². The molecule has 1 aliphatic rings. The molecular formula is C26H27N3O6S3. The van der Waals surface area contributed by atoms with Crippen LogP contribution in [0.1, 0.15) is 47.0 Å². The Labute approximate surface area is 228 Å². The number of hydrogen-bond donors (Lipinski definition) is 1. The minimum absolute atomic E-state index is 0.166. The number of nitrogens with zero attached hydrogens (tertiary/aromatic N) is 2. The molecule has 4 rings (SSSR count). The van der Waals surface area contributed by atoms with Crippen molar-refractivity contribution >= 4 is 65.5 Å². The third kappa shape index (κ3) is 6.40. The third-order valence-corrected chi connectivity index (χ3v) is 9.56. The number of aryl methyl sites for hydroxylation is 1. The molecule has 9 nitrogen and oxygen atoms in total. The van der Waals surface area contributed by atoms with Crippen molar-refractivity contribution in [1.82, 2.24) is 4.57 Å². The third-order valence-electron chi connectivity index (χ3n) is 5.91. The molecule has 0 fully saturated rings. The van der Waals surface area contributed by atoms with E-state index in [9.17, 15) is 22.8 Å². The number of rotatable bonds is 8. The van der Waals surface area contributed by atoms with Gasteiger partial charge in [0.05, 0.1) is 28.9 Å². The smallest absolute Gasteiger partial charge is 0.341 e. The molecule has 3 aromatic rings. The predicted octanol–water partition coefficient (Wildman–Crippen LogP) is 3.32. The van der Waals surface area contributed by atoms with E-state index in [4.69, 9.17) is 11.2 Å². The number of terminal acetylenes is 1. The Hall–Kier alpha value is -3.27. The van der Waals surface area contributed by atoms with E-state index < -0.39 is 39.1 Å². The van der Waals surface area contributed by atoms with Gasteiger partial charge in [-0.1, -0.05) is 35.8 Å². The van der Waals surface area contributed by atoms with Gasteiger partial charge in [-0.05, 0) is 50.3 Å². The minimum Gasteiger partial charge on any atom is -0.462 e. The number of hydrogen-bond acceptors (Lipinski definition) is 8. The van der Waals surface area contributed by atoms with Gasteiger partial charge in [0, 0.05) is 4.88 Å². The fraction of sp³-hybridized carbons (Fsp3) is 0.385. The topological polar surface area (TPSA) is 124 Å². The molecule has 2 amide bonds. The maximum atomic E-state index is 12.7. The summed E-state index contributed by atoms with van der Waals surface area (Å²) in [6.45, 7) is 2.04. The molecule has 0 saturated heterocycles. The molecule has 1 aromatic carbocycles. The van der Waals surface area contributed by atoms with Crippen molar-refractivity contribution in [2.45, 2.75) is 45.6 Å². The van der Waals surface area contributed by atoms with Crippen molar-refractivity contribution < 1.29 is 27.5 Å². The Kier molecular flexibility index (Phi) is 8.81. The molecule has 2 aromatic heterocycles. The minimum atomic E-state index is -4.14. The van der Waals surface area contributed by atoms with Crippen molar-refractivity contribution in [3.63, 3.8) is 0 Å². The summed E-state index contributed by atoms with van der Waals surface area (Å²) in [5.74, 6) is -1.61. The van der Waals surface area contributed by atoms with Crippen molar-refractivity contribution in [2.24, 2.45) is 4.99 Å². The van der Waals surface area contributed by atoms with E-state index in [0.717, 1.165) is 46.3 Å². The fourth-order valence-corrected chi connectivity index (χ4v) is 7.70. The van der Waals surface area contributed by atoms with Crippen molar-refractivity contribution in [2.75, 3.05) is 23.4 Å². The molecule has 0 atom stereocenters. The average Bonchev–Trinajstić information content (AvgIpc) is 3.26. The van der Waals surface area contributed by atoms with Gasteiger partial charge >= 0.3 is 5.97 Å². The van der Waals surface area contributed by atoms with Crippen LogP contribution in [0.15, 0.2) is 29.3 Å². The summed E-state index contributed by atoms with van der Waals surface area (Å²) in [6.07, 6.45) is 9.88. The first-order valence-electron chi connectivity index (χ1n) is 12.1. The molecule has 0 saturated carbocycles. The number of anilines is 1. The summed E-state index contributed by atoms with van der Waals surface area (Å²) in [5, 5.41) is 2.87. The zero-order chi connectivity index (χ0) is 27.3. The van der Waals surface area contributed by atoms with Crippen LogP contribution in [-0.4, -0.2) is 48.9 Å². The number of benzene rings is 1. The first-order chi connectivity index (χ1) is 18.2. The normalized spacial score (nSPS) is 13.9. The number of aromatic nitrogens is 1. The van der Waals surface area contributed by atoms with Crippen LogP contribution in [0.5, 0.6) is 0 Å². The molecule has 1 N–H and O–H groups in total. The number of amides is 2. The van der Waals surface area contributed by atoms with E-state index in [1.807, 2.05) is 24.3 Å². The van der Waals surface area contributed by atoms with Crippen LogP contribution in [0.3, 0.4) is 0 Å². The van der Waals surface area contributed by atoms with Gasteiger partial charge in [0.2, 0.25) is 5.91 Å². The number of carbonyl (C=O) groups excluding carboxylic acids is 3. The lowest BCUT2D eigenvalue weighted by Gasteiger charge is -2.08. The Bertz CT molecular complexity index is 1600. The van der Waals surface area contributed by atoms with Crippen molar-refractivity contribution in [1.29, 1.82) is 0 Å². The number of thiophene rings is 1. The molecule has 12 heteroatoms. The first kappa shape index (κ1) is 27.8. The lowest BCUT2D eigenvalue weighted by atomic mass is 10.1. The SMILES string of the molecule is C#CCn1c(=NC(=O)CS(=O)(=O)CC(=O)Nc2sc3c(c2C(=O)OCC)CCCCC3)sc2ccccc21. The Morgan fingerprint density at radius 2 is 1.89 bits per heavy atom. The maximum Gasteiger partial charge on any atom is 0.341 e. The van der Waals surface area contributed by atoms with Gasteiger partial charge in [0.25, 0.3) is 5.91 Å². The standard InChI is InChI=1S/C26H27N3O6S3/c1-3-14-29-18-11-8-9-13-20(18)37-26(29)28-22(31)16-38(33,34)15-21(30)27-24-23(25(32)35-4-2)17-10-6-5-7-12-19(17)36-24/h1,8-9,11,13H,4-7,10,12,14-16H2,2H3,(H,27,30). The summed E-state index contributed by atoms with van der Waals surface area (Å²) in [6, 6.07) is 7.36. The highest BCUT2D eigenvalue weighted by Gasteiger charge is 2.28. The Balaban J connectivity index is 1.51. The number of carbonyl (C=O) groups is 3. The molecular weight excluding hydrogens is 547 g/mol. The number of nitrogens with one attached hydrogen (secondary N) is 1. The predicted molar refractivity (Wildman–Crippen MR) is 148 cm³/mol. The number of fused-ring (bicyclic) bond motifs is 2. The Morgan fingerprint density at radius 3 is 2.66 bits per heavy atom. The van der Waals surface area contributed by atoms with E-state index in [1.54, 1.807) is 11.5 Å². The fourth-order valence-electron chi connectivity index (χ4n) is 4.34. The maximum absolute atomic E-state index is 12.7. The summed E-state index contributed by atoms with van der Waals surface area (Å²) in [5.41, 5.74) is 1.95. The van der Waals surface area contributed by atoms with Crippen LogP contribution in [-0.2, 0) is 43.5 Å². The van der Waals surface area contributed by atoms with Gasteiger partial charge in [-0.3, -0.25) is 9.59 Å². The van der Waals surface area contributed by atoms with E-state index in [0.29, 0.717) is 12.0 Å². The summed E-state index contributed by atoms with van der Waals surface area (Å²) in [4.78, 5) is 43.3. The molecule has 0 spiro atoms. The molecule has 0 bridgehead atoms. The van der Waals surface area contributed by atoms with Gasteiger partial charge in [-0.2, -0.15) is 4.99 Å². The van der Waals surface area contributed by atoms with E-state index in [2.05, 4.69) is 16.2 Å². The molecule has 0 aliphatic heterocycles. The zero-order valence-electron chi connectivity index (χ0n) is 20.8. The summed E-state index contributed by atoms with van der Waals surface area (Å²) < 4.78 is 33.1. The number of para-hydroxylation sites is 1. The second-order valence-corrected chi connectivity index (χ2v) is 12.9. The van der Waals surface area contributed by atoms with Crippen LogP contribution in [0.25, 0.3) is 10.2 Å². The van der Waals surface area contributed by atoms with Crippen molar-refractivity contribution in [3.8, 4) is 12.3 Å². The van der Waals surface area contributed by atoms with Crippen LogP contribution < -0.4 is 10.1 Å². The Morgan fingerprint density at radius 1 is 1.13 bits per heavy atom. The lowest BCUT2D eigenvalue weighted by Crippen LogP contribution is -2.28. The zero-order valence-corrected chi connectivity index (χ0v) is 23.3. The van der Waals surface area contributed by atoms with E-state index >= 15 is 0 Å². The van der Waals surface area contributed by atoms with Gasteiger partial charge in [0.15, 0.2) is 14.6 Å². The highest BCUT2D eigenvalue weighted by atomic mass is 32.2. The van der Waals surface area contributed by atoms with Crippen LogP contribution in [0.2, 0.25) is 0 Å². The van der Waals surface area contributed by atoms with Crippen LogP contribution in [0, 0.1) is 12.3 Å². The molecule has 38 heavy (non-hydrogen) atoms. The largest absolute Gasteiger partial charge is 0.462 e. The van der Waals surface area contributed by atoms with Gasteiger partial charge in [0.1, 0.15) is 16.5 Å². The van der Waals surface area contributed by atoms with Crippen LogP contribution in [0.4, 0.5) is 5.00 Å². The monoisotopic (exact) mass is 573 g/mol. The van der Waals surface area contributed by atoms with Crippen molar-refractivity contribution in [3.05, 3.63) is 45.1 Å². The van der Waals surface area contributed by atoms with Gasteiger partial charge in [-0.15, -0.1) is 17.8 Å². The quantitative estimate of drug-likeness (QED) is 0.251. The lowest BCUT2D eigenvalue weighted by molar-refractivity contribution is -0.115. The molecule has 2 heterocycles. The summed E-state index contributed by atoms with van der Waals surface area (Å²) in [7, 11) is -4.14. The average molecular weight is 574 g/mol. The molecule has 0 unspecified atom stereocenters. The molecule has 1 aliphatic carbocycles. The highest BCUT2D eigenvalue weighted by Crippen LogP contribution is 2.38. The highest BCUT2D eigenvalue weighted by molar-refractivity contribution is 7.92. The molecule has 0 radical (unpaired) electrons. The second-order valence-electron chi connectivity index (χ2n) is 8.72. The number of ether oxygens (including phenoxy) is 1. The first-order valence-corrected chi connectivity index (χ1v) is 15.6. The second kappa shape index (κ2) is 12.1. The van der Waals surface area contributed by atoms with Gasteiger partial charge < -0.3 is 14.6 Å². The van der Waals surface area contributed by atoms with E-state index in [-0.39, 0.29) is 23.0 Å². The summed E-state index contributed by atoms with van der Waals surface area (Å²) >= 11 is 2.50. The van der Waals surface area contributed by atoms with E-state index in [1.165, 1.54) is 22.7 Å². The number of esters is 1. The number of thiazole rings is 1. The van der Waals surface area contributed by atoms with Gasteiger partial charge in [-0.25, -0.2) is 13.2 Å². The number of sulfone groups is 1. The molecule has 200 valence electrons.